The molecule has 4 fully saturated rings. The van der Waals surface area contributed by atoms with Crippen molar-refractivity contribution in [3.05, 3.63) is 58.7 Å². The molecule has 148 valence electrons. The summed E-state index contributed by atoms with van der Waals surface area (Å²) < 4.78 is 0. The van der Waals surface area contributed by atoms with Crippen molar-refractivity contribution < 1.29 is 10.2 Å². The first-order valence-electron chi connectivity index (χ1n) is 11.1. The van der Waals surface area contributed by atoms with E-state index in [1.807, 2.05) is 12.1 Å². The lowest BCUT2D eigenvalue weighted by Gasteiger charge is -2.63. The molecule has 6 rings (SSSR count). The van der Waals surface area contributed by atoms with Gasteiger partial charge < -0.3 is 10.2 Å². The van der Waals surface area contributed by atoms with Crippen molar-refractivity contribution in [1.29, 1.82) is 0 Å². The SMILES string of the molecule is CCc1cc(C23CC4CC(C2)CC(c2ccc(O)c(CC)c2)(C4)C3)ccc1O. The van der Waals surface area contributed by atoms with E-state index in [-0.39, 0.29) is 10.8 Å². The van der Waals surface area contributed by atoms with Gasteiger partial charge in [0, 0.05) is 0 Å². The van der Waals surface area contributed by atoms with Gasteiger partial charge in [0.2, 0.25) is 0 Å². The molecule has 0 radical (unpaired) electrons. The summed E-state index contributed by atoms with van der Waals surface area (Å²) in [5.74, 6) is 2.49. The van der Waals surface area contributed by atoms with Crippen molar-refractivity contribution in [1.82, 2.24) is 0 Å². The summed E-state index contributed by atoms with van der Waals surface area (Å²) in [4.78, 5) is 0. The number of rotatable bonds is 4. The molecule has 2 aromatic carbocycles. The number of benzene rings is 2. The van der Waals surface area contributed by atoms with Crippen molar-refractivity contribution in [2.24, 2.45) is 11.8 Å². The number of hydrogen-bond donors (Lipinski definition) is 2. The van der Waals surface area contributed by atoms with E-state index in [4.69, 9.17) is 0 Å². The molecule has 0 heterocycles. The van der Waals surface area contributed by atoms with Crippen LogP contribution >= 0.6 is 0 Å². The van der Waals surface area contributed by atoms with Crippen LogP contribution in [0.5, 0.6) is 11.5 Å². The largest absolute Gasteiger partial charge is 0.508 e. The maximum atomic E-state index is 10.2. The van der Waals surface area contributed by atoms with E-state index >= 15 is 0 Å². The van der Waals surface area contributed by atoms with Crippen LogP contribution in [0.4, 0.5) is 0 Å². The quantitative estimate of drug-likeness (QED) is 0.686. The van der Waals surface area contributed by atoms with E-state index in [0.29, 0.717) is 11.5 Å². The molecule has 4 aliphatic carbocycles. The number of aryl methyl sites for hydroxylation is 2. The Morgan fingerprint density at radius 3 is 1.57 bits per heavy atom. The summed E-state index contributed by atoms with van der Waals surface area (Å²) in [7, 11) is 0. The van der Waals surface area contributed by atoms with Gasteiger partial charge in [-0.1, -0.05) is 38.1 Å². The highest BCUT2D eigenvalue weighted by Gasteiger charge is 2.58. The van der Waals surface area contributed by atoms with Gasteiger partial charge in [0.25, 0.3) is 0 Å². The number of phenols is 2. The minimum Gasteiger partial charge on any atom is -0.508 e. The van der Waals surface area contributed by atoms with Gasteiger partial charge in [0.1, 0.15) is 11.5 Å². The Kier molecular flexibility index (Phi) is 4.05. The van der Waals surface area contributed by atoms with Crippen LogP contribution in [0.2, 0.25) is 0 Å². The van der Waals surface area contributed by atoms with Gasteiger partial charge in [-0.05, 0) is 108 Å². The molecule has 2 aromatic rings. The highest BCUT2D eigenvalue weighted by atomic mass is 16.3. The van der Waals surface area contributed by atoms with Gasteiger partial charge in [-0.15, -0.1) is 0 Å². The van der Waals surface area contributed by atoms with Crippen LogP contribution < -0.4 is 0 Å². The van der Waals surface area contributed by atoms with Gasteiger partial charge in [-0.2, -0.15) is 0 Å². The van der Waals surface area contributed by atoms with Gasteiger partial charge in [0.15, 0.2) is 0 Å². The van der Waals surface area contributed by atoms with Crippen molar-refractivity contribution in [2.45, 2.75) is 76.0 Å². The Hall–Kier alpha value is -1.96. The Morgan fingerprint density at radius 1 is 0.750 bits per heavy atom. The van der Waals surface area contributed by atoms with Crippen molar-refractivity contribution in [3.63, 3.8) is 0 Å². The fraction of sp³-hybridized carbons (Fsp3) is 0.538. The third-order valence-corrected chi connectivity index (χ3v) is 8.21. The molecule has 4 aliphatic rings. The molecular weight excluding hydrogens is 344 g/mol. The molecule has 0 amide bonds. The second-order valence-corrected chi connectivity index (χ2v) is 9.92. The van der Waals surface area contributed by atoms with Crippen LogP contribution in [0, 0.1) is 11.8 Å². The lowest BCUT2D eigenvalue weighted by Crippen LogP contribution is -2.56. The second-order valence-electron chi connectivity index (χ2n) is 9.92. The summed E-state index contributed by atoms with van der Waals surface area (Å²) in [5.41, 5.74) is 5.59. The molecule has 2 N–H and O–H groups in total. The molecule has 0 atom stereocenters. The number of hydrogen-bond acceptors (Lipinski definition) is 2. The Morgan fingerprint density at radius 2 is 1.18 bits per heavy atom. The highest BCUT2D eigenvalue weighted by Crippen LogP contribution is 2.66. The van der Waals surface area contributed by atoms with Crippen LogP contribution in [-0.2, 0) is 23.7 Å². The average Bonchev–Trinajstić information content (AvgIpc) is 2.67. The monoisotopic (exact) mass is 376 g/mol. The maximum absolute atomic E-state index is 10.2. The zero-order valence-corrected chi connectivity index (χ0v) is 17.2. The highest BCUT2D eigenvalue weighted by molar-refractivity contribution is 5.45. The fourth-order valence-electron chi connectivity index (χ4n) is 7.34. The normalized spacial score (nSPS) is 33.4. The first-order valence-corrected chi connectivity index (χ1v) is 11.1. The second kappa shape index (κ2) is 6.27. The zero-order chi connectivity index (χ0) is 19.5. The molecule has 4 saturated carbocycles. The molecule has 0 spiro atoms. The predicted octanol–water partition coefficient (Wildman–Crippen LogP) is 6.01. The van der Waals surface area contributed by atoms with Gasteiger partial charge >= 0.3 is 0 Å². The number of phenolic OH excluding ortho intramolecular Hbond substituents is 2. The van der Waals surface area contributed by atoms with Crippen molar-refractivity contribution >= 4 is 0 Å². The van der Waals surface area contributed by atoms with Crippen LogP contribution in [0.25, 0.3) is 0 Å². The zero-order valence-electron chi connectivity index (χ0n) is 17.2. The van der Waals surface area contributed by atoms with Crippen LogP contribution in [-0.4, -0.2) is 10.2 Å². The Balaban J connectivity index is 1.60. The van der Waals surface area contributed by atoms with E-state index in [1.165, 1.54) is 49.7 Å². The topological polar surface area (TPSA) is 40.5 Å². The molecule has 0 saturated heterocycles. The first-order chi connectivity index (χ1) is 13.5. The molecule has 4 bridgehead atoms. The van der Waals surface area contributed by atoms with Gasteiger partial charge in [-0.3, -0.25) is 0 Å². The molecular formula is C26H32O2. The summed E-state index contributed by atoms with van der Waals surface area (Å²) in [6.07, 6.45) is 9.58. The fourth-order valence-corrected chi connectivity index (χ4v) is 7.34. The van der Waals surface area contributed by atoms with Crippen LogP contribution in [0.3, 0.4) is 0 Å². The summed E-state index contributed by atoms with van der Waals surface area (Å²) >= 11 is 0. The van der Waals surface area contributed by atoms with E-state index < -0.39 is 0 Å². The molecule has 0 aliphatic heterocycles. The van der Waals surface area contributed by atoms with E-state index in [0.717, 1.165) is 35.8 Å². The number of aromatic hydroxyl groups is 2. The third kappa shape index (κ3) is 2.60. The third-order valence-electron chi connectivity index (χ3n) is 8.21. The Bertz CT molecular complexity index is 827. The maximum Gasteiger partial charge on any atom is 0.118 e. The molecule has 2 nitrogen and oxygen atoms in total. The van der Waals surface area contributed by atoms with Gasteiger partial charge in [-0.25, -0.2) is 0 Å². The van der Waals surface area contributed by atoms with Crippen LogP contribution in [0.15, 0.2) is 36.4 Å². The standard InChI is InChI=1S/C26H32O2/c1-3-19-10-21(5-7-23(19)27)25-12-17-9-18(13-25)15-26(14-17,16-25)22-6-8-24(28)20(4-2)11-22/h5-8,10-11,17-18,27-28H,3-4,9,12-16H2,1-2H3. The smallest absolute Gasteiger partial charge is 0.118 e. The van der Waals surface area contributed by atoms with E-state index in [2.05, 4.69) is 38.1 Å². The first kappa shape index (κ1) is 18.1. The van der Waals surface area contributed by atoms with Gasteiger partial charge in [0.05, 0.1) is 0 Å². The molecule has 0 unspecified atom stereocenters. The van der Waals surface area contributed by atoms with Crippen molar-refractivity contribution in [3.8, 4) is 11.5 Å². The molecule has 0 aromatic heterocycles. The summed E-state index contributed by atoms with van der Waals surface area (Å²) in [5, 5.41) is 20.4. The molecule has 28 heavy (non-hydrogen) atoms. The Labute approximate surface area is 168 Å². The molecule has 2 heteroatoms. The summed E-state index contributed by atoms with van der Waals surface area (Å²) in [6.45, 7) is 4.26. The van der Waals surface area contributed by atoms with E-state index in [1.54, 1.807) is 0 Å². The van der Waals surface area contributed by atoms with Crippen LogP contribution in [0.1, 0.15) is 74.6 Å². The lowest BCUT2D eigenvalue weighted by molar-refractivity contribution is -0.0282. The van der Waals surface area contributed by atoms with Crippen molar-refractivity contribution in [2.75, 3.05) is 0 Å². The summed E-state index contributed by atoms with van der Waals surface area (Å²) in [6, 6.07) is 12.8. The minimum absolute atomic E-state index is 0.256. The van der Waals surface area contributed by atoms with E-state index in [9.17, 15) is 10.2 Å². The predicted molar refractivity (Wildman–Crippen MR) is 113 cm³/mol. The lowest BCUT2D eigenvalue weighted by atomic mass is 9.41. The minimum atomic E-state index is 0.256. The average molecular weight is 377 g/mol.